The summed E-state index contributed by atoms with van der Waals surface area (Å²) in [6.07, 6.45) is 3.14. The number of carbonyl (C=O) groups is 2. The topological polar surface area (TPSA) is 88.9 Å². The van der Waals surface area contributed by atoms with Gasteiger partial charge in [-0.25, -0.2) is 0 Å². The Kier molecular flexibility index (Phi) is 11.0. The van der Waals surface area contributed by atoms with Crippen molar-refractivity contribution in [2.75, 3.05) is 12.3 Å². The molecular weight excluding hydrogens is 529 g/mol. The fourth-order valence-corrected chi connectivity index (χ4v) is 5.03. The summed E-state index contributed by atoms with van der Waals surface area (Å²) in [6.45, 7) is 8.98. The van der Waals surface area contributed by atoms with E-state index in [0.29, 0.717) is 41.1 Å². The van der Waals surface area contributed by atoms with Gasteiger partial charge in [0.15, 0.2) is 11.0 Å². The van der Waals surface area contributed by atoms with E-state index in [1.165, 1.54) is 23.4 Å². The minimum absolute atomic E-state index is 0.0833. The van der Waals surface area contributed by atoms with Gasteiger partial charge in [0.05, 0.1) is 22.4 Å². The van der Waals surface area contributed by atoms with Crippen molar-refractivity contribution in [1.82, 2.24) is 25.4 Å². The van der Waals surface area contributed by atoms with Crippen molar-refractivity contribution in [3.05, 3.63) is 88.2 Å². The van der Waals surface area contributed by atoms with Gasteiger partial charge in [0.1, 0.15) is 0 Å². The van der Waals surface area contributed by atoms with Gasteiger partial charge in [-0.2, -0.15) is 0 Å². The number of amides is 2. The largest absolute Gasteiger partial charge is 0.355 e. The molecule has 3 rings (SSSR count). The molecule has 2 N–H and O–H groups in total. The number of rotatable bonds is 13. The summed E-state index contributed by atoms with van der Waals surface area (Å²) in [6, 6.07) is 14.3. The van der Waals surface area contributed by atoms with Gasteiger partial charge in [0.2, 0.25) is 5.91 Å². The van der Waals surface area contributed by atoms with E-state index in [0.717, 1.165) is 6.42 Å². The molecule has 0 saturated carbocycles. The van der Waals surface area contributed by atoms with E-state index in [-0.39, 0.29) is 28.5 Å². The fraction of sp³-hybridized carbons (Fsp3) is 0.333. The zero-order valence-corrected chi connectivity index (χ0v) is 23.2. The molecular formula is C27H31Cl2N5O2S. The van der Waals surface area contributed by atoms with Crippen molar-refractivity contribution in [3.63, 3.8) is 0 Å². The predicted octanol–water partition coefficient (Wildman–Crippen LogP) is 5.74. The van der Waals surface area contributed by atoms with Crippen LogP contribution in [0.4, 0.5) is 0 Å². The van der Waals surface area contributed by atoms with Crippen molar-refractivity contribution in [2.45, 2.75) is 44.4 Å². The fourth-order valence-electron chi connectivity index (χ4n) is 3.75. The van der Waals surface area contributed by atoms with Gasteiger partial charge in [-0.15, -0.1) is 16.8 Å². The summed E-state index contributed by atoms with van der Waals surface area (Å²) >= 11 is 13.5. The highest BCUT2D eigenvalue weighted by molar-refractivity contribution is 7.99. The first-order valence-corrected chi connectivity index (χ1v) is 13.8. The molecule has 0 unspecified atom stereocenters. The van der Waals surface area contributed by atoms with Gasteiger partial charge in [-0.05, 0) is 42.5 Å². The number of halogens is 2. The Balaban J connectivity index is 1.69. The van der Waals surface area contributed by atoms with E-state index in [1.54, 1.807) is 18.2 Å². The van der Waals surface area contributed by atoms with Crippen LogP contribution in [0.5, 0.6) is 0 Å². The molecule has 0 aliphatic carbocycles. The molecule has 0 spiro atoms. The van der Waals surface area contributed by atoms with E-state index < -0.39 is 6.04 Å². The lowest BCUT2D eigenvalue weighted by molar-refractivity contribution is -0.118. The molecule has 7 nitrogen and oxygen atoms in total. The minimum atomic E-state index is -0.416. The number of hydrogen-bond acceptors (Lipinski definition) is 5. The zero-order valence-electron chi connectivity index (χ0n) is 20.9. The number of thioether (sulfide) groups is 1. The van der Waals surface area contributed by atoms with E-state index in [2.05, 4.69) is 41.3 Å². The van der Waals surface area contributed by atoms with Gasteiger partial charge >= 0.3 is 0 Å². The number of nitrogens with one attached hydrogen (secondary N) is 2. The highest BCUT2D eigenvalue weighted by atomic mass is 35.5. The molecule has 3 aromatic rings. The number of benzene rings is 2. The van der Waals surface area contributed by atoms with Crippen LogP contribution in [0.25, 0.3) is 0 Å². The second kappa shape index (κ2) is 14.2. The number of hydrogen-bond donors (Lipinski definition) is 2. The first-order chi connectivity index (χ1) is 17.8. The molecule has 2 aromatic carbocycles. The van der Waals surface area contributed by atoms with Crippen molar-refractivity contribution < 1.29 is 9.59 Å². The SMILES string of the molecule is C=CCn1c(SCC(=O)NCCc2ccccc2)nnc1[C@@H](CC(C)C)NC(=O)c1ccc(Cl)cc1Cl. The quantitative estimate of drug-likeness (QED) is 0.206. The molecule has 1 atom stereocenters. The van der Waals surface area contributed by atoms with Gasteiger partial charge in [-0.3, -0.25) is 9.59 Å². The summed E-state index contributed by atoms with van der Waals surface area (Å²) in [5.74, 6) is 0.656. The lowest BCUT2D eigenvalue weighted by atomic mass is 10.0. The standard InChI is InChI=1S/C27H31Cl2N5O2S/c1-4-14-34-25(23(15-18(2)3)31-26(36)21-11-10-20(28)16-22(21)29)32-33-27(34)37-17-24(35)30-13-12-19-8-6-5-7-9-19/h4-11,16,18,23H,1,12-15,17H2,2-3H3,(H,30,35)(H,31,36)/t23-/m1/s1. The van der Waals surface area contributed by atoms with Crippen LogP contribution in [0.1, 0.15) is 48.1 Å². The molecule has 2 amide bonds. The highest BCUT2D eigenvalue weighted by Crippen LogP contribution is 2.27. The normalized spacial score (nSPS) is 11.8. The minimum Gasteiger partial charge on any atom is -0.355 e. The van der Waals surface area contributed by atoms with Crippen LogP contribution in [-0.4, -0.2) is 38.9 Å². The lowest BCUT2D eigenvalue weighted by Gasteiger charge is -2.21. The second-order valence-electron chi connectivity index (χ2n) is 8.89. The molecule has 37 heavy (non-hydrogen) atoms. The van der Waals surface area contributed by atoms with E-state index in [9.17, 15) is 9.59 Å². The Bertz CT molecular complexity index is 1220. The van der Waals surface area contributed by atoms with Crippen LogP contribution in [0.15, 0.2) is 66.3 Å². The van der Waals surface area contributed by atoms with Gasteiger partial charge in [-0.1, -0.05) is 85.2 Å². The van der Waals surface area contributed by atoms with Crippen molar-refractivity contribution in [2.24, 2.45) is 5.92 Å². The first kappa shape index (κ1) is 28.8. The van der Waals surface area contributed by atoms with Crippen molar-refractivity contribution >= 4 is 46.8 Å². The predicted molar refractivity (Wildman–Crippen MR) is 150 cm³/mol. The smallest absolute Gasteiger partial charge is 0.253 e. The third-order valence-electron chi connectivity index (χ3n) is 5.47. The van der Waals surface area contributed by atoms with Crippen LogP contribution < -0.4 is 10.6 Å². The molecule has 1 aromatic heterocycles. The lowest BCUT2D eigenvalue weighted by Crippen LogP contribution is -2.32. The van der Waals surface area contributed by atoms with Crippen molar-refractivity contribution in [3.8, 4) is 0 Å². The molecule has 0 saturated heterocycles. The van der Waals surface area contributed by atoms with E-state index in [1.807, 2.05) is 34.9 Å². The van der Waals surface area contributed by atoms with E-state index in [4.69, 9.17) is 23.2 Å². The Labute approximate surface area is 232 Å². The number of nitrogens with zero attached hydrogens (tertiary/aromatic N) is 3. The highest BCUT2D eigenvalue weighted by Gasteiger charge is 2.25. The Morgan fingerprint density at radius 1 is 1.14 bits per heavy atom. The number of allylic oxidation sites excluding steroid dienone is 1. The third kappa shape index (κ3) is 8.62. The van der Waals surface area contributed by atoms with Crippen molar-refractivity contribution in [1.29, 1.82) is 0 Å². The molecule has 0 fully saturated rings. The summed E-state index contributed by atoms with van der Waals surface area (Å²) in [7, 11) is 0. The van der Waals surface area contributed by atoms with Gasteiger partial charge in [0, 0.05) is 18.1 Å². The maximum absolute atomic E-state index is 13.1. The summed E-state index contributed by atoms with van der Waals surface area (Å²) in [5.41, 5.74) is 1.50. The summed E-state index contributed by atoms with van der Waals surface area (Å²) in [5, 5.41) is 16.0. The van der Waals surface area contributed by atoms with Crippen LogP contribution in [0, 0.1) is 5.92 Å². The van der Waals surface area contributed by atoms with Gasteiger partial charge < -0.3 is 15.2 Å². The number of carbonyl (C=O) groups excluding carboxylic acids is 2. The molecule has 0 aliphatic heterocycles. The van der Waals surface area contributed by atoms with E-state index >= 15 is 0 Å². The Morgan fingerprint density at radius 3 is 2.57 bits per heavy atom. The van der Waals surface area contributed by atoms with Crippen LogP contribution >= 0.6 is 35.0 Å². The molecule has 0 bridgehead atoms. The second-order valence-corrected chi connectivity index (χ2v) is 10.7. The van der Waals surface area contributed by atoms with Crippen LogP contribution in [-0.2, 0) is 17.8 Å². The summed E-state index contributed by atoms with van der Waals surface area (Å²) < 4.78 is 1.88. The maximum atomic E-state index is 13.1. The Morgan fingerprint density at radius 2 is 1.89 bits per heavy atom. The zero-order chi connectivity index (χ0) is 26.8. The molecule has 10 heteroatoms. The summed E-state index contributed by atoms with van der Waals surface area (Å²) in [4.78, 5) is 25.5. The molecule has 0 radical (unpaired) electrons. The average molecular weight is 561 g/mol. The number of aromatic nitrogens is 3. The van der Waals surface area contributed by atoms with Crippen LogP contribution in [0.2, 0.25) is 10.0 Å². The maximum Gasteiger partial charge on any atom is 0.253 e. The van der Waals surface area contributed by atoms with Crippen LogP contribution in [0.3, 0.4) is 0 Å². The molecule has 196 valence electrons. The average Bonchev–Trinajstić information content (AvgIpc) is 3.25. The third-order valence-corrected chi connectivity index (χ3v) is 6.98. The molecule has 1 heterocycles. The molecule has 0 aliphatic rings. The first-order valence-electron chi connectivity index (χ1n) is 12.0. The Hall–Kier alpha value is -2.81. The monoisotopic (exact) mass is 559 g/mol. The van der Waals surface area contributed by atoms with Gasteiger partial charge in [0.25, 0.3) is 5.91 Å².